The first-order chi connectivity index (χ1) is 4.79. The molecule has 0 aliphatic heterocycles. The zero-order valence-electron chi connectivity index (χ0n) is 6.88. The normalized spacial score (nSPS) is 32.4. The summed E-state index contributed by atoms with van der Waals surface area (Å²) in [5.74, 6) is 0. The first-order valence-corrected chi connectivity index (χ1v) is 4.15. The topological polar surface area (TPSA) is 40.5 Å². The molecule has 2 heteroatoms. The molecule has 0 spiro atoms. The second-order valence-electron chi connectivity index (χ2n) is 2.47. The van der Waals surface area contributed by atoms with Crippen LogP contribution in [0.5, 0.6) is 0 Å². The number of aliphatic hydroxyl groups excluding tert-OH is 2. The van der Waals surface area contributed by atoms with E-state index >= 15 is 0 Å². The summed E-state index contributed by atoms with van der Waals surface area (Å²) < 4.78 is 0. The van der Waals surface area contributed by atoms with Crippen LogP contribution in [0.15, 0.2) is 0 Å². The third-order valence-electron chi connectivity index (χ3n) is 1.62. The zero-order chi connectivity index (χ0) is 7.98. The Labute approximate surface area is 62.9 Å². The van der Waals surface area contributed by atoms with Gasteiger partial charge in [-0.15, -0.1) is 0 Å². The summed E-state index contributed by atoms with van der Waals surface area (Å²) in [6, 6.07) is 0. The van der Waals surface area contributed by atoms with Crippen molar-refractivity contribution in [2.45, 2.75) is 51.7 Å². The molecule has 62 valence electrons. The van der Waals surface area contributed by atoms with Crippen molar-refractivity contribution in [2.24, 2.45) is 0 Å². The fourth-order valence-corrected chi connectivity index (χ4v) is 1.14. The molecule has 1 fully saturated rings. The molecule has 2 N–H and O–H groups in total. The molecule has 1 aliphatic carbocycles. The molecule has 0 unspecified atom stereocenters. The van der Waals surface area contributed by atoms with E-state index in [2.05, 4.69) is 0 Å². The molecule has 0 amide bonds. The highest BCUT2D eigenvalue weighted by atomic mass is 16.3. The fraction of sp³-hybridized carbons (Fsp3) is 1.00. The molecule has 0 aromatic rings. The summed E-state index contributed by atoms with van der Waals surface area (Å²) in [6.45, 7) is 4.00. The summed E-state index contributed by atoms with van der Waals surface area (Å²) in [5.41, 5.74) is 0. The molecule has 2 nitrogen and oxygen atoms in total. The van der Waals surface area contributed by atoms with Gasteiger partial charge in [0.2, 0.25) is 0 Å². The van der Waals surface area contributed by atoms with Crippen LogP contribution in [-0.4, -0.2) is 22.4 Å². The van der Waals surface area contributed by atoms with E-state index in [-0.39, 0.29) is 12.2 Å². The summed E-state index contributed by atoms with van der Waals surface area (Å²) in [7, 11) is 0. The average molecular weight is 146 g/mol. The maximum absolute atomic E-state index is 8.92. The van der Waals surface area contributed by atoms with Gasteiger partial charge in [-0.25, -0.2) is 0 Å². The number of aliphatic hydroxyl groups is 2. The van der Waals surface area contributed by atoms with E-state index in [9.17, 15) is 0 Å². The van der Waals surface area contributed by atoms with E-state index in [4.69, 9.17) is 10.2 Å². The van der Waals surface area contributed by atoms with Crippen molar-refractivity contribution in [3.63, 3.8) is 0 Å². The molecule has 0 aromatic heterocycles. The Hall–Kier alpha value is -0.0800. The van der Waals surface area contributed by atoms with E-state index < -0.39 is 0 Å². The van der Waals surface area contributed by atoms with E-state index in [1.807, 2.05) is 13.8 Å². The Kier molecular flexibility index (Phi) is 5.64. The van der Waals surface area contributed by atoms with Crippen LogP contribution in [0.1, 0.15) is 39.5 Å². The van der Waals surface area contributed by atoms with Crippen LogP contribution in [0.25, 0.3) is 0 Å². The lowest BCUT2D eigenvalue weighted by molar-refractivity contribution is 0.0406. The van der Waals surface area contributed by atoms with Crippen LogP contribution in [0, 0.1) is 0 Å². The SMILES string of the molecule is CC.O[C@@H]1CCC[C@H](O)C1. The van der Waals surface area contributed by atoms with Gasteiger partial charge in [-0.2, -0.15) is 0 Å². The summed E-state index contributed by atoms with van der Waals surface area (Å²) in [6.07, 6.45) is 2.83. The first kappa shape index (κ1) is 9.92. The van der Waals surface area contributed by atoms with Crippen molar-refractivity contribution in [2.75, 3.05) is 0 Å². The van der Waals surface area contributed by atoms with E-state index in [1.165, 1.54) is 0 Å². The molecule has 0 bridgehead atoms. The lowest BCUT2D eigenvalue weighted by atomic mass is 9.95. The second kappa shape index (κ2) is 5.69. The number of hydrogen-bond donors (Lipinski definition) is 2. The van der Waals surface area contributed by atoms with Crippen LogP contribution >= 0.6 is 0 Å². The third kappa shape index (κ3) is 3.85. The largest absolute Gasteiger partial charge is 0.393 e. The molecular weight excluding hydrogens is 128 g/mol. The molecular formula is C8H18O2. The standard InChI is InChI=1S/C6H12O2.C2H6/c7-5-2-1-3-6(8)4-5;1-2/h5-8H,1-4H2;1-2H3/t5-,6+;. The molecule has 0 heterocycles. The predicted molar refractivity (Wildman–Crippen MR) is 41.8 cm³/mol. The third-order valence-corrected chi connectivity index (χ3v) is 1.62. The molecule has 10 heavy (non-hydrogen) atoms. The van der Waals surface area contributed by atoms with Crippen LogP contribution in [0.2, 0.25) is 0 Å². The van der Waals surface area contributed by atoms with Crippen molar-refractivity contribution in [3.05, 3.63) is 0 Å². The minimum atomic E-state index is -0.237. The van der Waals surface area contributed by atoms with Crippen LogP contribution < -0.4 is 0 Å². The van der Waals surface area contributed by atoms with Gasteiger partial charge in [-0.1, -0.05) is 13.8 Å². The van der Waals surface area contributed by atoms with Gasteiger partial charge >= 0.3 is 0 Å². The monoisotopic (exact) mass is 146 g/mol. The molecule has 2 atom stereocenters. The second-order valence-corrected chi connectivity index (χ2v) is 2.47. The van der Waals surface area contributed by atoms with Crippen molar-refractivity contribution in [3.8, 4) is 0 Å². The first-order valence-electron chi connectivity index (χ1n) is 4.15. The average Bonchev–Trinajstić information content (AvgIpc) is 1.91. The Morgan fingerprint density at radius 2 is 1.40 bits per heavy atom. The lowest BCUT2D eigenvalue weighted by Gasteiger charge is -2.20. The fourth-order valence-electron chi connectivity index (χ4n) is 1.14. The molecule has 0 radical (unpaired) electrons. The van der Waals surface area contributed by atoms with Gasteiger partial charge in [0.15, 0.2) is 0 Å². The Balaban J connectivity index is 0.000000371. The number of hydrogen-bond acceptors (Lipinski definition) is 2. The van der Waals surface area contributed by atoms with Gasteiger partial charge in [0, 0.05) is 0 Å². The van der Waals surface area contributed by atoms with Gasteiger partial charge in [0.1, 0.15) is 0 Å². The van der Waals surface area contributed by atoms with E-state index in [0.29, 0.717) is 6.42 Å². The highest BCUT2D eigenvalue weighted by Crippen LogP contribution is 2.17. The summed E-state index contributed by atoms with van der Waals surface area (Å²) in [4.78, 5) is 0. The van der Waals surface area contributed by atoms with Crippen LogP contribution in [0.3, 0.4) is 0 Å². The van der Waals surface area contributed by atoms with Gasteiger partial charge < -0.3 is 10.2 Å². The summed E-state index contributed by atoms with van der Waals surface area (Å²) >= 11 is 0. The maximum Gasteiger partial charge on any atom is 0.0564 e. The van der Waals surface area contributed by atoms with E-state index in [0.717, 1.165) is 19.3 Å². The van der Waals surface area contributed by atoms with Gasteiger partial charge in [-0.05, 0) is 25.7 Å². The molecule has 0 saturated heterocycles. The predicted octanol–water partition coefficient (Wildman–Crippen LogP) is 1.31. The zero-order valence-corrected chi connectivity index (χ0v) is 6.88. The highest BCUT2D eigenvalue weighted by molar-refractivity contribution is 4.69. The minimum Gasteiger partial charge on any atom is -0.393 e. The van der Waals surface area contributed by atoms with Gasteiger partial charge in [-0.3, -0.25) is 0 Å². The van der Waals surface area contributed by atoms with Crippen molar-refractivity contribution in [1.29, 1.82) is 0 Å². The van der Waals surface area contributed by atoms with Gasteiger partial charge in [0.25, 0.3) is 0 Å². The molecule has 0 aromatic carbocycles. The lowest BCUT2D eigenvalue weighted by Crippen LogP contribution is -2.22. The molecule has 1 aliphatic rings. The summed E-state index contributed by atoms with van der Waals surface area (Å²) in [5, 5.41) is 17.8. The Bertz CT molecular complexity index is 65.7. The Morgan fingerprint density at radius 3 is 1.60 bits per heavy atom. The quantitative estimate of drug-likeness (QED) is 0.541. The molecule has 1 saturated carbocycles. The van der Waals surface area contributed by atoms with Crippen LogP contribution in [-0.2, 0) is 0 Å². The minimum absolute atomic E-state index is 0.237. The number of rotatable bonds is 0. The van der Waals surface area contributed by atoms with Crippen LogP contribution in [0.4, 0.5) is 0 Å². The van der Waals surface area contributed by atoms with Crippen molar-refractivity contribution in [1.82, 2.24) is 0 Å². The van der Waals surface area contributed by atoms with E-state index in [1.54, 1.807) is 0 Å². The Morgan fingerprint density at radius 1 is 1.00 bits per heavy atom. The van der Waals surface area contributed by atoms with Gasteiger partial charge in [0.05, 0.1) is 12.2 Å². The molecule has 1 rings (SSSR count). The van der Waals surface area contributed by atoms with Crippen molar-refractivity contribution >= 4 is 0 Å². The maximum atomic E-state index is 8.92. The highest BCUT2D eigenvalue weighted by Gasteiger charge is 2.16. The smallest absolute Gasteiger partial charge is 0.0564 e. The van der Waals surface area contributed by atoms with Crippen molar-refractivity contribution < 1.29 is 10.2 Å².